The molecular weight excluding hydrogens is 230 g/mol. The molecule has 1 aromatic rings. The maximum absolute atomic E-state index is 11.8. The van der Waals surface area contributed by atoms with Gasteiger partial charge >= 0.3 is 0 Å². The van der Waals surface area contributed by atoms with E-state index in [1.807, 2.05) is 0 Å². The van der Waals surface area contributed by atoms with Gasteiger partial charge < -0.3 is 10.4 Å². The van der Waals surface area contributed by atoms with Crippen molar-refractivity contribution in [1.29, 1.82) is 0 Å². The second-order valence-electron chi connectivity index (χ2n) is 4.79. The minimum atomic E-state index is -0.189. The largest absolute Gasteiger partial charge is 0.396 e. The predicted octanol–water partition coefficient (Wildman–Crippen LogP) is 1.01. The lowest BCUT2D eigenvalue weighted by Crippen LogP contribution is -2.35. The Bertz CT molecular complexity index is 383. The molecule has 2 rings (SSSR count). The summed E-state index contributed by atoms with van der Waals surface area (Å²) in [4.78, 5) is 19.6. The molecule has 0 spiro atoms. The third-order valence-corrected chi connectivity index (χ3v) is 3.62. The molecule has 2 N–H and O–H groups in total. The summed E-state index contributed by atoms with van der Waals surface area (Å²) in [5.41, 5.74) is 0.342. The van der Waals surface area contributed by atoms with Gasteiger partial charge in [-0.15, -0.1) is 0 Å². The fourth-order valence-electron chi connectivity index (χ4n) is 2.52. The van der Waals surface area contributed by atoms with Crippen molar-refractivity contribution in [3.8, 4) is 0 Å². The Kier molecular flexibility index (Phi) is 4.64. The summed E-state index contributed by atoms with van der Waals surface area (Å²) in [6.45, 7) is 0.826. The SMILES string of the molecule is O=C(NCC1CCCCC1CO)c1cnccn1. The summed E-state index contributed by atoms with van der Waals surface area (Å²) in [5, 5.41) is 12.2. The number of hydrogen-bond acceptors (Lipinski definition) is 4. The number of carbonyl (C=O) groups excluding carboxylic acids is 1. The van der Waals surface area contributed by atoms with E-state index in [1.54, 1.807) is 6.20 Å². The van der Waals surface area contributed by atoms with Gasteiger partial charge in [0.2, 0.25) is 0 Å². The maximum atomic E-state index is 11.8. The van der Waals surface area contributed by atoms with Crippen LogP contribution in [0.25, 0.3) is 0 Å². The summed E-state index contributed by atoms with van der Waals surface area (Å²) in [6, 6.07) is 0. The van der Waals surface area contributed by atoms with Crippen LogP contribution in [-0.2, 0) is 0 Å². The van der Waals surface area contributed by atoms with Gasteiger partial charge in [-0.1, -0.05) is 12.8 Å². The molecule has 1 aromatic heterocycles. The number of nitrogens with one attached hydrogen (secondary N) is 1. The van der Waals surface area contributed by atoms with E-state index in [4.69, 9.17) is 0 Å². The van der Waals surface area contributed by atoms with Crippen LogP contribution in [0.3, 0.4) is 0 Å². The number of aliphatic hydroxyl groups excluding tert-OH is 1. The van der Waals surface area contributed by atoms with Gasteiger partial charge in [-0.3, -0.25) is 9.78 Å². The average Bonchev–Trinajstić information content (AvgIpc) is 2.46. The molecule has 0 saturated heterocycles. The molecule has 0 aliphatic heterocycles. The molecule has 98 valence electrons. The van der Waals surface area contributed by atoms with E-state index in [0.717, 1.165) is 12.8 Å². The standard InChI is InChI=1S/C13H19N3O2/c17-9-11-4-2-1-3-10(11)7-16-13(18)12-8-14-5-6-15-12/h5-6,8,10-11,17H,1-4,7,9H2,(H,16,18). The molecule has 2 atom stereocenters. The van der Waals surface area contributed by atoms with Gasteiger partial charge in [0.15, 0.2) is 0 Å². The van der Waals surface area contributed by atoms with Gasteiger partial charge in [-0.25, -0.2) is 4.98 Å². The minimum absolute atomic E-state index is 0.189. The Hall–Kier alpha value is -1.49. The lowest BCUT2D eigenvalue weighted by molar-refractivity contribution is 0.0904. The van der Waals surface area contributed by atoms with E-state index in [-0.39, 0.29) is 12.5 Å². The van der Waals surface area contributed by atoms with E-state index in [0.29, 0.717) is 24.1 Å². The van der Waals surface area contributed by atoms with Crippen molar-refractivity contribution in [3.63, 3.8) is 0 Å². The highest BCUT2D eigenvalue weighted by Crippen LogP contribution is 2.29. The van der Waals surface area contributed by atoms with Crippen molar-refractivity contribution in [3.05, 3.63) is 24.3 Å². The van der Waals surface area contributed by atoms with Crippen molar-refractivity contribution in [2.24, 2.45) is 11.8 Å². The highest BCUT2D eigenvalue weighted by molar-refractivity contribution is 5.91. The molecular formula is C13H19N3O2. The van der Waals surface area contributed by atoms with Crippen molar-refractivity contribution < 1.29 is 9.90 Å². The van der Waals surface area contributed by atoms with E-state index >= 15 is 0 Å². The fourth-order valence-corrected chi connectivity index (χ4v) is 2.52. The third kappa shape index (κ3) is 3.26. The highest BCUT2D eigenvalue weighted by atomic mass is 16.3. The smallest absolute Gasteiger partial charge is 0.271 e. The number of carbonyl (C=O) groups is 1. The first kappa shape index (κ1) is 13.0. The van der Waals surface area contributed by atoms with E-state index < -0.39 is 0 Å². The van der Waals surface area contributed by atoms with Gasteiger partial charge in [0.05, 0.1) is 6.20 Å². The minimum Gasteiger partial charge on any atom is -0.396 e. The molecule has 0 aromatic carbocycles. The van der Waals surface area contributed by atoms with Crippen molar-refractivity contribution >= 4 is 5.91 Å². The lowest BCUT2D eigenvalue weighted by atomic mass is 9.79. The Labute approximate surface area is 107 Å². The zero-order valence-electron chi connectivity index (χ0n) is 10.4. The van der Waals surface area contributed by atoms with Gasteiger partial charge in [0, 0.05) is 25.5 Å². The van der Waals surface area contributed by atoms with Crippen LogP contribution in [0.4, 0.5) is 0 Å². The Balaban J connectivity index is 1.85. The second kappa shape index (κ2) is 6.44. The summed E-state index contributed by atoms with van der Waals surface area (Å²) in [6.07, 6.45) is 9.00. The van der Waals surface area contributed by atoms with Gasteiger partial charge in [-0.2, -0.15) is 0 Å². The average molecular weight is 249 g/mol. The molecule has 5 nitrogen and oxygen atoms in total. The number of rotatable bonds is 4. The van der Waals surface area contributed by atoms with Crippen molar-refractivity contribution in [2.75, 3.05) is 13.2 Å². The third-order valence-electron chi connectivity index (χ3n) is 3.62. The number of aliphatic hydroxyl groups is 1. The zero-order chi connectivity index (χ0) is 12.8. The quantitative estimate of drug-likeness (QED) is 0.835. The number of aromatic nitrogens is 2. The van der Waals surface area contributed by atoms with Crippen molar-refractivity contribution in [2.45, 2.75) is 25.7 Å². The summed E-state index contributed by atoms with van der Waals surface area (Å²) < 4.78 is 0. The van der Waals surface area contributed by atoms with E-state index in [1.165, 1.54) is 25.2 Å². The van der Waals surface area contributed by atoms with Crippen LogP contribution in [0.5, 0.6) is 0 Å². The summed E-state index contributed by atoms with van der Waals surface area (Å²) >= 11 is 0. The molecule has 18 heavy (non-hydrogen) atoms. The molecule has 1 aliphatic rings. The highest BCUT2D eigenvalue weighted by Gasteiger charge is 2.24. The number of amides is 1. The first-order chi connectivity index (χ1) is 8.81. The van der Waals surface area contributed by atoms with Crippen LogP contribution in [0.2, 0.25) is 0 Å². The monoisotopic (exact) mass is 249 g/mol. The first-order valence-electron chi connectivity index (χ1n) is 6.46. The Morgan fingerprint density at radius 2 is 2.11 bits per heavy atom. The summed E-state index contributed by atoms with van der Waals surface area (Å²) in [7, 11) is 0. The maximum Gasteiger partial charge on any atom is 0.271 e. The first-order valence-corrected chi connectivity index (χ1v) is 6.46. The van der Waals surface area contributed by atoms with Crippen LogP contribution in [0.15, 0.2) is 18.6 Å². The van der Waals surface area contributed by atoms with Crippen LogP contribution in [0, 0.1) is 11.8 Å². The molecule has 1 fully saturated rings. The topological polar surface area (TPSA) is 75.1 Å². The normalized spacial score (nSPS) is 23.6. The summed E-state index contributed by atoms with van der Waals surface area (Å²) in [5.74, 6) is 0.510. The number of hydrogen-bond donors (Lipinski definition) is 2. The van der Waals surface area contributed by atoms with Crippen molar-refractivity contribution in [1.82, 2.24) is 15.3 Å². The molecule has 0 bridgehead atoms. The molecule has 1 saturated carbocycles. The van der Waals surface area contributed by atoms with Crippen LogP contribution < -0.4 is 5.32 Å². The van der Waals surface area contributed by atoms with Crippen LogP contribution in [-0.4, -0.2) is 34.1 Å². The van der Waals surface area contributed by atoms with Gasteiger partial charge in [0.25, 0.3) is 5.91 Å². The molecule has 1 heterocycles. The Morgan fingerprint density at radius 1 is 1.33 bits per heavy atom. The molecule has 0 radical (unpaired) electrons. The molecule has 2 unspecified atom stereocenters. The van der Waals surface area contributed by atoms with Gasteiger partial charge in [0.1, 0.15) is 5.69 Å². The molecule has 1 amide bonds. The number of nitrogens with zero attached hydrogens (tertiary/aromatic N) is 2. The zero-order valence-corrected chi connectivity index (χ0v) is 10.4. The predicted molar refractivity (Wildman–Crippen MR) is 66.9 cm³/mol. The fraction of sp³-hybridized carbons (Fsp3) is 0.615. The Morgan fingerprint density at radius 3 is 2.78 bits per heavy atom. The van der Waals surface area contributed by atoms with E-state index in [2.05, 4.69) is 15.3 Å². The van der Waals surface area contributed by atoms with Crippen LogP contribution >= 0.6 is 0 Å². The lowest BCUT2D eigenvalue weighted by Gasteiger charge is -2.30. The van der Waals surface area contributed by atoms with E-state index in [9.17, 15) is 9.90 Å². The molecule has 5 heteroatoms. The second-order valence-corrected chi connectivity index (χ2v) is 4.79. The molecule has 1 aliphatic carbocycles. The van der Waals surface area contributed by atoms with Gasteiger partial charge in [-0.05, 0) is 24.7 Å². The van der Waals surface area contributed by atoms with Crippen LogP contribution in [0.1, 0.15) is 36.2 Å².